The number of carbonyl (C=O) groups is 1. The minimum Gasteiger partial charge on any atom is -0.466 e. The van der Waals surface area contributed by atoms with Crippen LogP contribution in [0.1, 0.15) is 57.0 Å². The van der Waals surface area contributed by atoms with Crippen molar-refractivity contribution in [1.29, 1.82) is 0 Å². The maximum absolute atomic E-state index is 12.2. The van der Waals surface area contributed by atoms with Gasteiger partial charge in [0, 0.05) is 31.8 Å². The Balaban J connectivity index is 1.50. The van der Waals surface area contributed by atoms with Crippen molar-refractivity contribution in [3.05, 3.63) is 23.7 Å². The van der Waals surface area contributed by atoms with Gasteiger partial charge in [0.25, 0.3) is 0 Å². The summed E-state index contributed by atoms with van der Waals surface area (Å²) in [5.74, 6) is 3.42. The summed E-state index contributed by atoms with van der Waals surface area (Å²) in [5, 5.41) is 10.1. The van der Waals surface area contributed by atoms with E-state index in [0.29, 0.717) is 25.3 Å². The van der Waals surface area contributed by atoms with Crippen molar-refractivity contribution in [3.8, 4) is 0 Å². The fourth-order valence-electron chi connectivity index (χ4n) is 3.27. The number of piperidine rings is 1. The van der Waals surface area contributed by atoms with Gasteiger partial charge in [0.1, 0.15) is 11.5 Å². The van der Waals surface area contributed by atoms with Crippen LogP contribution < -0.4 is 0 Å². The van der Waals surface area contributed by atoms with Gasteiger partial charge in [-0.2, -0.15) is 0 Å². The number of aryl methyl sites for hydroxylation is 1. The zero-order chi connectivity index (χ0) is 15.0. The molecular formula is C17H25NO3. The smallest absolute Gasteiger partial charge is 0.223 e. The largest absolute Gasteiger partial charge is 0.466 e. The van der Waals surface area contributed by atoms with E-state index in [2.05, 4.69) is 13.0 Å². The first-order valence-corrected chi connectivity index (χ1v) is 8.03. The topological polar surface area (TPSA) is 53.7 Å². The molecule has 1 aliphatic heterocycles. The van der Waals surface area contributed by atoms with Crippen LogP contribution in [-0.2, 0) is 11.2 Å². The van der Waals surface area contributed by atoms with Gasteiger partial charge in [-0.15, -0.1) is 0 Å². The highest BCUT2D eigenvalue weighted by Gasteiger charge is 2.36. The van der Waals surface area contributed by atoms with Gasteiger partial charge in [-0.25, -0.2) is 0 Å². The van der Waals surface area contributed by atoms with E-state index in [1.165, 1.54) is 6.42 Å². The Hall–Kier alpha value is -1.29. The van der Waals surface area contributed by atoms with Crippen molar-refractivity contribution in [2.45, 2.75) is 57.5 Å². The number of hydrogen-bond donors (Lipinski definition) is 1. The van der Waals surface area contributed by atoms with E-state index in [1.807, 2.05) is 13.0 Å². The normalized spacial score (nSPS) is 32.2. The summed E-state index contributed by atoms with van der Waals surface area (Å²) >= 11 is 0. The predicted octanol–water partition coefficient (Wildman–Crippen LogP) is 2.71. The molecule has 1 saturated carbocycles. The van der Waals surface area contributed by atoms with E-state index < -0.39 is 5.60 Å². The van der Waals surface area contributed by atoms with Crippen molar-refractivity contribution < 1.29 is 14.3 Å². The molecule has 0 bridgehead atoms. The molecule has 116 valence electrons. The van der Waals surface area contributed by atoms with Crippen LogP contribution in [0.25, 0.3) is 0 Å². The molecule has 2 fully saturated rings. The van der Waals surface area contributed by atoms with Gasteiger partial charge in [-0.3, -0.25) is 4.79 Å². The average molecular weight is 291 g/mol. The number of amides is 1. The molecular weight excluding hydrogens is 266 g/mol. The average Bonchev–Trinajstić information content (AvgIpc) is 2.98. The minimum absolute atomic E-state index is 0.118. The summed E-state index contributed by atoms with van der Waals surface area (Å²) in [7, 11) is 0. The third-order valence-electron chi connectivity index (χ3n) is 4.77. The summed E-state index contributed by atoms with van der Waals surface area (Å²) in [6.07, 6.45) is 3.98. The fraction of sp³-hybridized carbons (Fsp3) is 0.706. The molecule has 1 aromatic heterocycles. The maximum Gasteiger partial charge on any atom is 0.223 e. The first-order valence-electron chi connectivity index (χ1n) is 8.03. The molecule has 1 N–H and O–H groups in total. The van der Waals surface area contributed by atoms with Gasteiger partial charge in [-0.05, 0) is 44.2 Å². The second kappa shape index (κ2) is 5.48. The molecule has 0 radical (unpaired) electrons. The molecule has 1 aliphatic carbocycles. The van der Waals surface area contributed by atoms with Crippen LogP contribution >= 0.6 is 0 Å². The van der Waals surface area contributed by atoms with Crippen molar-refractivity contribution in [2.24, 2.45) is 5.92 Å². The molecule has 0 aromatic carbocycles. The molecule has 3 atom stereocenters. The lowest BCUT2D eigenvalue weighted by Gasteiger charge is -2.36. The Labute approximate surface area is 126 Å². The van der Waals surface area contributed by atoms with E-state index in [4.69, 9.17) is 4.42 Å². The van der Waals surface area contributed by atoms with Crippen LogP contribution in [0.15, 0.2) is 16.5 Å². The molecule has 4 nitrogen and oxygen atoms in total. The highest BCUT2D eigenvalue weighted by atomic mass is 16.3. The summed E-state index contributed by atoms with van der Waals surface area (Å²) in [5.41, 5.74) is -0.728. The van der Waals surface area contributed by atoms with Gasteiger partial charge >= 0.3 is 0 Å². The fourth-order valence-corrected chi connectivity index (χ4v) is 3.27. The van der Waals surface area contributed by atoms with E-state index in [9.17, 15) is 9.90 Å². The molecule has 0 spiro atoms. The Kier molecular flexibility index (Phi) is 3.82. The predicted molar refractivity (Wildman–Crippen MR) is 80.0 cm³/mol. The van der Waals surface area contributed by atoms with Crippen LogP contribution in [0.5, 0.6) is 0 Å². The number of nitrogens with zero attached hydrogens (tertiary/aromatic N) is 1. The third-order valence-corrected chi connectivity index (χ3v) is 4.77. The zero-order valence-corrected chi connectivity index (χ0v) is 13.0. The van der Waals surface area contributed by atoms with Crippen LogP contribution in [0, 0.1) is 5.92 Å². The van der Waals surface area contributed by atoms with Crippen molar-refractivity contribution in [2.75, 3.05) is 13.1 Å². The number of rotatable bonds is 4. The lowest BCUT2D eigenvalue weighted by atomic mass is 9.95. The van der Waals surface area contributed by atoms with Gasteiger partial charge in [0.2, 0.25) is 5.91 Å². The monoisotopic (exact) mass is 291 g/mol. The third kappa shape index (κ3) is 3.49. The Morgan fingerprint density at radius 2 is 2.29 bits per heavy atom. The Morgan fingerprint density at radius 1 is 1.52 bits per heavy atom. The molecule has 3 rings (SSSR count). The van der Waals surface area contributed by atoms with Crippen LogP contribution in [-0.4, -0.2) is 34.6 Å². The number of hydrogen-bond acceptors (Lipinski definition) is 3. The molecule has 1 aromatic rings. The van der Waals surface area contributed by atoms with E-state index in [-0.39, 0.29) is 5.91 Å². The number of likely N-dealkylation sites (tertiary alicyclic amines) is 1. The quantitative estimate of drug-likeness (QED) is 0.928. The second-order valence-corrected chi connectivity index (χ2v) is 7.04. The van der Waals surface area contributed by atoms with Gasteiger partial charge < -0.3 is 14.4 Å². The van der Waals surface area contributed by atoms with Crippen molar-refractivity contribution >= 4 is 5.91 Å². The molecule has 1 saturated heterocycles. The van der Waals surface area contributed by atoms with Crippen LogP contribution in [0.4, 0.5) is 0 Å². The lowest BCUT2D eigenvalue weighted by Crippen LogP contribution is -2.48. The minimum atomic E-state index is -0.728. The van der Waals surface area contributed by atoms with Gasteiger partial charge in [-0.1, -0.05) is 6.92 Å². The molecule has 2 heterocycles. The number of aliphatic hydroxyl groups is 1. The summed E-state index contributed by atoms with van der Waals surface area (Å²) in [4.78, 5) is 14.0. The Morgan fingerprint density at radius 3 is 2.95 bits per heavy atom. The van der Waals surface area contributed by atoms with Gasteiger partial charge in [0.15, 0.2) is 0 Å². The number of furan rings is 1. The maximum atomic E-state index is 12.2. The zero-order valence-electron chi connectivity index (χ0n) is 13.0. The van der Waals surface area contributed by atoms with Crippen molar-refractivity contribution in [3.63, 3.8) is 0 Å². The van der Waals surface area contributed by atoms with Gasteiger partial charge in [0.05, 0.1) is 5.60 Å². The van der Waals surface area contributed by atoms with Crippen LogP contribution in [0.2, 0.25) is 0 Å². The SMILES string of the molecule is CC1CC1c1ccc(CCC(=O)N2CCCC(C)(O)C2)o1. The highest BCUT2D eigenvalue weighted by molar-refractivity contribution is 5.76. The lowest BCUT2D eigenvalue weighted by molar-refractivity contribution is -0.137. The second-order valence-electron chi connectivity index (χ2n) is 7.04. The number of carbonyl (C=O) groups excluding carboxylic acids is 1. The highest BCUT2D eigenvalue weighted by Crippen LogP contribution is 2.47. The molecule has 21 heavy (non-hydrogen) atoms. The molecule has 2 aliphatic rings. The first-order chi connectivity index (χ1) is 9.94. The summed E-state index contributed by atoms with van der Waals surface area (Å²) < 4.78 is 5.84. The Bertz CT molecular complexity index is 520. The van der Waals surface area contributed by atoms with Crippen molar-refractivity contribution in [1.82, 2.24) is 4.90 Å². The van der Waals surface area contributed by atoms with E-state index in [1.54, 1.807) is 4.90 Å². The standard InChI is InChI=1S/C17H25NO3/c1-12-10-14(12)15-6-4-13(21-15)5-7-16(19)18-9-3-8-17(2,20)11-18/h4,6,12,14,20H,3,5,7-11H2,1-2H3. The van der Waals surface area contributed by atoms with Crippen LogP contribution in [0.3, 0.4) is 0 Å². The molecule has 4 heteroatoms. The number of β-amino-alcohol motifs (C(OH)–C–C–N with tert-alkyl or cyclic N) is 1. The summed E-state index contributed by atoms with van der Waals surface area (Å²) in [6.45, 7) is 5.26. The van der Waals surface area contributed by atoms with E-state index >= 15 is 0 Å². The molecule has 1 amide bonds. The first kappa shape index (κ1) is 14.6. The molecule has 3 unspecified atom stereocenters. The van der Waals surface area contributed by atoms with E-state index in [0.717, 1.165) is 36.8 Å². The summed E-state index contributed by atoms with van der Waals surface area (Å²) in [6, 6.07) is 4.06.